The Balaban J connectivity index is 1.41. The molecule has 2 amide bonds. The number of nitrogens with zero attached hydrogens (tertiary/aromatic N) is 1. The number of amides is 2. The van der Waals surface area contributed by atoms with Gasteiger partial charge in [0.05, 0.1) is 13.0 Å². The van der Waals surface area contributed by atoms with E-state index in [-0.39, 0.29) is 11.8 Å². The van der Waals surface area contributed by atoms with Gasteiger partial charge in [-0.2, -0.15) is 0 Å². The average Bonchev–Trinajstić information content (AvgIpc) is 3.06. The molecule has 2 aromatic carbocycles. The molecule has 1 N–H and O–H groups in total. The van der Waals surface area contributed by atoms with E-state index >= 15 is 0 Å². The molecular weight excluding hydrogens is 316 g/mol. The topological polar surface area (TPSA) is 58.6 Å². The second-order valence-corrected chi connectivity index (χ2v) is 6.00. The number of para-hydroxylation sites is 1. The van der Waals surface area contributed by atoms with Crippen LogP contribution in [0.4, 0.5) is 5.69 Å². The zero-order valence-corrected chi connectivity index (χ0v) is 14.1. The van der Waals surface area contributed by atoms with Crippen molar-refractivity contribution in [1.82, 2.24) is 5.32 Å². The molecular formula is C20H22N2O3. The summed E-state index contributed by atoms with van der Waals surface area (Å²) in [5.74, 6) is 0.925. The first-order valence-corrected chi connectivity index (χ1v) is 8.56. The van der Waals surface area contributed by atoms with E-state index in [0.717, 1.165) is 30.0 Å². The van der Waals surface area contributed by atoms with Crippen LogP contribution >= 0.6 is 0 Å². The largest absolute Gasteiger partial charge is 0.492 e. The summed E-state index contributed by atoms with van der Waals surface area (Å²) in [6.45, 7) is 1.68. The molecule has 0 atom stereocenters. The predicted octanol–water partition coefficient (Wildman–Crippen LogP) is 2.55. The second kappa shape index (κ2) is 8.33. The molecule has 0 radical (unpaired) electrons. The maximum Gasteiger partial charge on any atom is 0.227 e. The van der Waals surface area contributed by atoms with Crippen molar-refractivity contribution in [3.8, 4) is 5.75 Å². The fraction of sp³-hybridized carbons (Fsp3) is 0.300. The van der Waals surface area contributed by atoms with Gasteiger partial charge < -0.3 is 15.0 Å². The molecule has 2 aromatic rings. The highest BCUT2D eigenvalue weighted by Gasteiger charge is 2.21. The van der Waals surface area contributed by atoms with Crippen LogP contribution in [0.15, 0.2) is 54.6 Å². The normalized spacial score (nSPS) is 13.8. The Kier molecular flexibility index (Phi) is 5.67. The Labute approximate surface area is 147 Å². The maximum atomic E-state index is 12.0. The second-order valence-electron chi connectivity index (χ2n) is 6.00. The van der Waals surface area contributed by atoms with Gasteiger partial charge in [0, 0.05) is 18.7 Å². The molecule has 5 nitrogen and oxygen atoms in total. The van der Waals surface area contributed by atoms with Gasteiger partial charge in [0.2, 0.25) is 11.8 Å². The number of carbonyl (C=O) groups is 2. The summed E-state index contributed by atoms with van der Waals surface area (Å²) < 4.78 is 5.54. The minimum absolute atomic E-state index is 0.0401. The molecule has 25 heavy (non-hydrogen) atoms. The van der Waals surface area contributed by atoms with Crippen LogP contribution in [0.3, 0.4) is 0 Å². The first kappa shape index (κ1) is 17.0. The van der Waals surface area contributed by atoms with E-state index in [0.29, 0.717) is 26.0 Å². The van der Waals surface area contributed by atoms with Gasteiger partial charge in [-0.3, -0.25) is 9.59 Å². The molecule has 1 aliphatic heterocycles. The van der Waals surface area contributed by atoms with Crippen LogP contribution in [-0.2, 0) is 16.0 Å². The van der Waals surface area contributed by atoms with Gasteiger partial charge in [-0.25, -0.2) is 0 Å². The molecule has 0 bridgehead atoms. The Morgan fingerprint density at radius 2 is 1.84 bits per heavy atom. The number of hydrogen-bond acceptors (Lipinski definition) is 3. The first-order valence-electron chi connectivity index (χ1n) is 8.56. The minimum Gasteiger partial charge on any atom is -0.492 e. The lowest BCUT2D eigenvalue weighted by Crippen LogP contribution is -2.29. The highest BCUT2D eigenvalue weighted by molar-refractivity contribution is 5.95. The molecule has 1 aliphatic rings. The van der Waals surface area contributed by atoms with Crippen molar-refractivity contribution >= 4 is 17.5 Å². The number of ether oxygens (including phenoxy) is 1. The number of carbonyl (C=O) groups excluding carboxylic acids is 2. The highest BCUT2D eigenvalue weighted by atomic mass is 16.5. The fourth-order valence-electron chi connectivity index (χ4n) is 2.84. The zero-order valence-electron chi connectivity index (χ0n) is 14.1. The predicted molar refractivity (Wildman–Crippen MR) is 96.7 cm³/mol. The molecule has 1 saturated heterocycles. The number of benzene rings is 2. The summed E-state index contributed by atoms with van der Waals surface area (Å²) in [5, 5.41) is 2.85. The van der Waals surface area contributed by atoms with Crippen LogP contribution in [0.2, 0.25) is 0 Å². The lowest BCUT2D eigenvalue weighted by molar-refractivity contribution is -0.120. The number of nitrogens with one attached hydrogen (secondary N) is 1. The van der Waals surface area contributed by atoms with E-state index < -0.39 is 0 Å². The first-order chi connectivity index (χ1) is 12.2. The fourth-order valence-corrected chi connectivity index (χ4v) is 2.84. The molecule has 0 aromatic heterocycles. The van der Waals surface area contributed by atoms with Crippen molar-refractivity contribution in [1.29, 1.82) is 0 Å². The molecule has 130 valence electrons. The summed E-state index contributed by atoms with van der Waals surface area (Å²) in [7, 11) is 0. The maximum absolute atomic E-state index is 12.0. The monoisotopic (exact) mass is 338 g/mol. The third kappa shape index (κ3) is 4.83. The highest BCUT2D eigenvalue weighted by Crippen LogP contribution is 2.21. The van der Waals surface area contributed by atoms with E-state index in [1.165, 1.54) is 0 Å². The molecule has 0 saturated carbocycles. The van der Waals surface area contributed by atoms with E-state index in [2.05, 4.69) is 5.32 Å². The summed E-state index contributed by atoms with van der Waals surface area (Å²) in [5.41, 5.74) is 1.83. The number of hydrogen-bond donors (Lipinski definition) is 1. The molecule has 1 heterocycles. The van der Waals surface area contributed by atoms with Crippen LogP contribution in [0, 0.1) is 0 Å². The van der Waals surface area contributed by atoms with Crippen LogP contribution in [0.25, 0.3) is 0 Å². The third-order valence-corrected chi connectivity index (χ3v) is 4.12. The molecule has 1 fully saturated rings. The van der Waals surface area contributed by atoms with E-state index in [9.17, 15) is 9.59 Å². The Hall–Kier alpha value is -2.82. The van der Waals surface area contributed by atoms with E-state index in [1.807, 2.05) is 54.6 Å². The lowest BCUT2D eigenvalue weighted by atomic mass is 10.1. The molecule has 0 unspecified atom stereocenters. The van der Waals surface area contributed by atoms with Crippen molar-refractivity contribution in [2.24, 2.45) is 0 Å². The summed E-state index contributed by atoms with van der Waals surface area (Å²) in [4.78, 5) is 25.5. The molecule has 0 aliphatic carbocycles. The van der Waals surface area contributed by atoms with Gasteiger partial charge in [0.15, 0.2) is 0 Å². The van der Waals surface area contributed by atoms with Crippen LogP contribution < -0.4 is 15.0 Å². The molecule has 3 rings (SSSR count). The lowest BCUT2D eigenvalue weighted by Gasteiger charge is -2.15. The number of rotatable bonds is 7. The standard InChI is InChI=1S/C20H22N2O3/c23-19(21-12-14-25-18-5-2-1-3-6-18)15-16-8-10-17(11-9-16)22-13-4-7-20(22)24/h1-3,5-6,8-11H,4,7,12-15H2,(H,21,23). The number of anilines is 1. The van der Waals surface area contributed by atoms with Crippen molar-refractivity contribution in [3.63, 3.8) is 0 Å². The summed E-state index contributed by atoms with van der Waals surface area (Å²) in [6, 6.07) is 17.1. The van der Waals surface area contributed by atoms with Gasteiger partial charge in [0.1, 0.15) is 12.4 Å². The Morgan fingerprint density at radius 1 is 1.08 bits per heavy atom. The minimum atomic E-state index is -0.0401. The van der Waals surface area contributed by atoms with Gasteiger partial charge in [0.25, 0.3) is 0 Å². The Bertz CT molecular complexity index is 713. The molecule has 0 spiro atoms. The quantitative estimate of drug-likeness (QED) is 0.789. The smallest absolute Gasteiger partial charge is 0.227 e. The van der Waals surface area contributed by atoms with Crippen molar-refractivity contribution in [3.05, 3.63) is 60.2 Å². The van der Waals surface area contributed by atoms with E-state index in [4.69, 9.17) is 4.74 Å². The van der Waals surface area contributed by atoms with E-state index in [1.54, 1.807) is 4.90 Å². The van der Waals surface area contributed by atoms with Gasteiger partial charge >= 0.3 is 0 Å². The van der Waals surface area contributed by atoms with Gasteiger partial charge in [-0.05, 0) is 36.2 Å². The summed E-state index contributed by atoms with van der Waals surface area (Å²) in [6.07, 6.45) is 1.85. The van der Waals surface area contributed by atoms with Crippen LogP contribution in [-0.4, -0.2) is 31.5 Å². The van der Waals surface area contributed by atoms with Crippen LogP contribution in [0.1, 0.15) is 18.4 Å². The summed E-state index contributed by atoms with van der Waals surface area (Å²) >= 11 is 0. The van der Waals surface area contributed by atoms with Crippen molar-refractivity contribution in [2.45, 2.75) is 19.3 Å². The van der Waals surface area contributed by atoms with Crippen molar-refractivity contribution < 1.29 is 14.3 Å². The van der Waals surface area contributed by atoms with Gasteiger partial charge in [-0.15, -0.1) is 0 Å². The van der Waals surface area contributed by atoms with Gasteiger partial charge in [-0.1, -0.05) is 30.3 Å². The molecule has 5 heteroatoms. The zero-order chi connectivity index (χ0) is 17.5. The Morgan fingerprint density at radius 3 is 2.52 bits per heavy atom. The van der Waals surface area contributed by atoms with Crippen LogP contribution in [0.5, 0.6) is 5.75 Å². The van der Waals surface area contributed by atoms with Crippen molar-refractivity contribution in [2.75, 3.05) is 24.6 Å². The SMILES string of the molecule is O=C(Cc1ccc(N2CCCC2=O)cc1)NCCOc1ccccc1. The third-order valence-electron chi connectivity index (χ3n) is 4.12. The average molecular weight is 338 g/mol.